The molecule has 3 rings (SSSR count). The first-order valence-corrected chi connectivity index (χ1v) is 9.50. The van der Waals surface area contributed by atoms with Gasteiger partial charge in [0.2, 0.25) is 0 Å². The van der Waals surface area contributed by atoms with E-state index in [9.17, 15) is 0 Å². The van der Waals surface area contributed by atoms with Gasteiger partial charge in [-0.15, -0.1) is 24.0 Å². The Bertz CT molecular complexity index is 710. The average Bonchev–Trinajstić information content (AvgIpc) is 3.34. The fourth-order valence-electron chi connectivity index (χ4n) is 3.51. The number of hydrogen-bond donors (Lipinski definition) is 2. The average molecular weight is 482 g/mol. The number of aliphatic imine (C=N–C) groups is 1. The van der Waals surface area contributed by atoms with Gasteiger partial charge in [0, 0.05) is 13.6 Å². The lowest BCUT2D eigenvalue weighted by atomic mass is 10.1. The van der Waals surface area contributed by atoms with Gasteiger partial charge in [-0.05, 0) is 57.5 Å². The Kier molecular flexibility index (Phi) is 8.63. The van der Waals surface area contributed by atoms with E-state index < -0.39 is 0 Å². The third kappa shape index (κ3) is 5.97. The van der Waals surface area contributed by atoms with Gasteiger partial charge in [-0.1, -0.05) is 30.3 Å². The van der Waals surface area contributed by atoms with E-state index in [0.29, 0.717) is 0 Å². The lowest BCUT2D eigenvalue weighted by Crippen LogP contribution is -2.43. The summed E-state index contributed by atoms with van der Waals surface area (Å²) < 4.78 is 5.93. The zero-order chi connectivity index (χ0) is 18.4. The highest BCUT2D eigenvalue weighted by Gasteiger charge is 2.26. The van der Waals surface area contributed by atoms with E-state index in [4.69, 9.17) is 4.42 Å². The summed E-state index contributed by atoms with van der Waals surface area (Å²) in [6, 6.07) is 15.0. The van der Waals surface area contributed by atoms with Crippen molar-refractivity contribution in [2.75, 3.05) is 26.7 Å². The smallest absolute Gasteiger partial charge is 0.191 e. The van der Waals surface area contributed by atoms with Crippen LogP contribution in [0.1, 0.15) is 48.9 Å². The Labute approximate surface area is 179 Å². The Morgan fingerprint density at radius 3 is 2.44 bits per heavy atom. The second kappa shape index (κ2) is 10.7. The zero-order valence-electron chi connectivity index (χ0n) is 16.4. The topological polar surface area (TPSA) is 52.8 Å². The maximum absolute atomic E-state index is 5.93. The predicted octanol–water partition coefficient (Wildman–Crippen LogP) is 4.27. The maximum Gasteiger partial charge on any atom is 0.191 e. The molecule has 2 unspecified atom stereocenters. The van der Waals surface area contributed by atoms with Crippen LogP contribution < -0.4 is 10.6 Å². The summed E-state index contributed by atoms with van der Waals surface area (Å²) in [6.07, 6.45) is 2.52. The molecule has 1 aromatic carbocycles. The molecule has 0 aliphatic carbocycles. The molecule has 0 bridgehead atoms. The van der Waals surface area contributed by atoms with Crippen LogP contribution in [0.4, 0.5) is 0 Å². The molecule has 0 spiro atoms. The molecule has 0 amide bonds. The first kappa shape index (κ1) is 21.8. The van der Waals surface area contributed by atoms with Crippen LogP contribution in [0.25, 0.3) is 0 Å². The number of likely N-dealkylation sites (tertiary alicyclic amines) is 1. The molecule has 2 aromatic rings. The number of furan rings is 1. The number of rotatable bonds is 6. The fourth-order valence-corrected chi connectivity index (χ4v) is 3.51. The van der Waals surface area contributed by atoms with Crippen molar-refractivity contribution < 1.29 is 4.42 Å². The quantitative estimate of drug-likeness (QED) is 0.367. The van der Waals surface area contributed by atoms with E-state index in [1.54, 1.807) is 0 Å². The number of halogens is 1. The summed E-state index contributed by atoms with van der Waals surface area (Å²) in [5.74, 6) is 2.81. The second-order valence-corrected chi connectivity index (χ2v) is 6.94. The molecule has 6 heteroatoms. The van der Waals surface area contributed by atoms with Crippen molar-refractivity contribution in [3.63, 3.8) is 0 Å². The lowest BCUT2D eigenvalue weighted by molar-refractivity contribution is 0.213. The van der Waals surface area contributed by atoms with Gasteiger partial charge < -0.3 is 15.1 Å². The van der Waals surface area contributed by atoms with Gasteiger partial charge in [-0.2, -0.15) is 0 Å². The molecule has 1 aliphatic rings. The molecule has 0 saturated carbocycles. The number of hydrogen-bond acceptors (Lipinski definition) is 3. The maximum atomic E-state index is 5.93. The van der Waals surface area contributed by atoms with E-state index in [-0.39, 0.29) is 36.1 Å². The second-order valence-electron chi connectivity index (χ2n) is 6.94. The Hall–Kier alpha value is -1.54. The molecule has 1 fully saturated rings. The molecule has 0 radical (unpaired) electrons. The van der Waals surface area contributed by atoms with Crippen LogP contribution in [-0.2, 0) is 0 Å². The van der Waals surface area contributed by atoms with Crippen molar-refractivity contribution in [1.82, 2.24) is 15.5 Å². The molecule has 27 heavy (non-hydrogen) atoms. The minimum absolute atomic E-state index is 0. The molecular weight excluding hydrogens is 451 g/mol. The number of guanidine groups is 1. The van der Waals surface area contributed by atoms with Gasteiger partial charge in [-0.25, -0.2) is 0 Å². The molecular formula is C21H31IN4O. The Morgan fingerprint density at radius 2 is 1.85 bits per heavy atom. The molecule has 2 heterocycles. The van der Waals surface area contributed by atoms with Crippen molar-refractivity contribution in [2.24, 2.45) is 4.99 Å². The van der Waals surface area contributed by atoms with Gasteiger partial charge in [0.05, 0.1) is 12.1 Å². The van der Waals surface area contributed by atoms with E-state index in [1.165, 1.54) is 18.4 Å². The highest BCUT2D eigenvalue weighted by molar-refractivity contribution is 14.0. The Balaban J connectivity index is 0.00000261. The van der Waals surface area contributed by atoms with Gasteiger partial charge in [0.1, 0.15) is 11.5 Å². The van der Waals surface area contributed by atoms with Gasteiger partial charge in [0.25, 0.3) is 0 Å². The molecule has 1 aromatic heterocycles. The molecule has 1 aliphatic heterocycles. The van der Waals surface area contributed by atoms with Gasteiger partial charge in [0.15, 0.2) is 5.96 Å². The first-order valence-electron chi connectivity index (χ1n) is 9.50. The van der Waals surface area contributed by atoms with Crippen LogP contribution >= 0.6 is 24.0 Å². The Morgan fingerprint density at radius 1 is 1.15 bits per heavy atom. The molecule has 1 saturated heterocycles. The lowest BCUT2D eigenvalue weighted by Gasteiger charge is -2.27. The predicted molar refractivity (Wildman–Crippen MR) is 122 cm³/mol. The van der Waals surface area contributed by atoms with Gasteiger partial charge >= 0.3 is 0 Å². The molecule has 5 nitrogen and oxygen atoms in total. The zero-order valence-corrected chi connectivity index (χ0v) is 18.8. The van der Waals surface area contributed by atoms with Crippen LogP contribution in [0.5, 0.6) is 0 Å². The van der Waals surface area contributed by atoms with E-state index in [2.05, 4.69) is 57.8 Å². The van der Waals surface area contributed by atoms with Crippen molar-refractivity contribution in [1.29, 1.82) is 0 Å². The minimum Gasteiger partial charge on any atom is -0.465 e. The molecule has 2 N–H and O–H groups in total. The van der Waals surface area contributed by atoms with Crippen LogP contribution in [0.2, 0.25) is 0 Å². The van der Waals surface area contributed by atoms with E-state index in [0.717, 1.165) is 37.1 Å². The monoisotopic (exact) mass is 482 g/mol. The third-order valence-corrected chi connectivity index (χ3v) is 5.01. The van der Waals surface area contributed by atoms with Crippen LogP contribution in [0.15, 0.2) is 51.9 Å². The third-order valence-electron chi connectivity index (χ3n) is 5.01. The fraction of sp³-hybridized carbons (Fsp3) is 0.476. The van der Waals surface area contributed by atoms with Crippen LogP contribution in [0.3, 0.4) is 0 Å². The summed E-state index contributed by atoms with van der Waals surface area (Å²) in [7, 11) is 1.81. The number of benzene rings is 1. The normalized spacial score (nSPS) is 17.2. The summed E-state index contributed by atoms with van der Waals surface area (Å²) >= 11 is 0. The summed E-state index contributed by atoms with van der Waals surface area (Å²) in [5.41, 5.74) is 1.24. The first-order chi connectivity index (χ1) is 12.7. The van der Waals surface area contributed by atoms with Crippen molar-refractivity contribution in [2.45, 2.75) is 38.8 Å². The van der Waals surface area contributed by atoms with Gasteiger partial charge in [-0.3, -0.25) is 9.89 Å². The SMILES string of the molecule is CN=C(NCC(c1ccc(C)o1)N1CCCC1)NC(C)c1ccccc1.I. The van der Waals surface area contributed by atoms with E-state index in [1.807, 2.05) is 26.1 Å². The van der Waals surface area contributed by atoms with Crippen LogP contribution in [0, 0.1) is 6.92 Å². The van der Waals surface area contributed by atoms with Crippen molar-refractivity contribution >= 4 is 29.9 Å². The molecule has 148 valence electrons. The number of aryl methyl sites for hydroxylation is 1. The summed E-state index contributed by atoms with van der Waals surface area (Å²) in [6.45, 7) is 7.17. The highest BCUT2D eigenvalue weighted by Crippen LogP contribution is 2.26. The van der Waals surface area contributed by atoms with Crippen molar-refractivity contribution in [3.8, 4) is 0 Å². The number of nitrogens with zero attached hydrogens (tertiary/aromatic N) is 2. The summed E-state index contributed by atoms with van der Waals surface area (Å²) in [5, 5.41) is 6.97. The van der Waals surface area contributed by atoms with Crippen molar-refractivity contribution in [3.05, 3.63) is 59.5 Å². The number of nitrogens with one attached hydrogen (secondary N) is 2. The highest BCUT2D eigenvalue weighted by atomic mass is 127. The largest absolute Gasteiger partial charge is 0.465 e. The standard InChI is InChI=1S/C21H30N4O.HI/c1-16-11-12-20(26-16)19(25-13-7-8-14-25)15-23-21(22-3)24-17(2)18-9-5-4-6-10-18;/h4-6,9-12,17,19H,7-8,13-15H2,1-3H3,(H2,22,23,24);1H. The summed E-state index contributed by atoms with van der Waals surface area (Å²) in [4.78, 5) is 6.90. The van der Waals surface area contributed by atoms with E-state index >= 15 is 0 Å². The van der Waals surface area contributed by atoms with Crippen LogP contribution in [-0.4, -0.2) is 37.5 Å². The minimum atomic E-state index is 0. The molecule has 2 atom stereocenters.